The molecule has 0 unspecified atom stereocenters. The molecule has 0 aliphatic rings. The van der Waals surface area contributed by atoms with Crippen LogP contribution in [0.4, 0.5) is 0 Å². The summed E-state index contributed by atoms with van der Waals surface area (Å²) in [4.78, 5) is 11.8. The number of hydrogen-bond acceptors (Lipinski definition) is 2. The van der Waals surface area contributed by atoms with Crippen LogP contribution in [0, 0.1) is 0 Å². The van der Waals surface area contributed by atoms with E-state index in [0.717, 1.165) is 12.1 Å². The average Bonchev–Trinajstić information content (AvgIpc) is 2.85. The molecule has 0 radical (unpaired) electrons. The first-order valence-corrected chi connectivity index (χ1v) is 6.07. The van der Waals surface area contributed by atoms with Gasteiger partial charge in [0.25, 0.3) is 0 Å². The van der Waals surface area contributed by atoms with E-state index in [4.69, 9.17) is 11.6 Å². The maximum absolute atomic E-state index is 11.8. The highest BCUT2D eigenvalue weighted by Gasteiger charge is 2.01. The highest BCUT2D eigenvalue weighted by molar-refractivity contribution is 6.30. The van der Waals surface area contributed by atoms with E-state index < -0.39 is 0 Å². The van der Waals surface area contributed by atoms with E-state index in [9.17, 15) is 4.79 Å². The van der Waals surface area contributed by atoms with Gasteiger partial charge < -0.3 is 0 Å². The number of allylic oxidation sites excluding steroid dienone is 1. The minimum atomic E-state index is -0.0454. The molecule has 0 spiro atoms. The zero-order chi connectivity index (χ0) is 13.0. The molecule has 2 aromatic rings. The van der Waals surface area contributed by atoms with E-state index in [1.807, 2.05) is 17.8 Å². The molecule has 0 amide bonds. The minimum Gasteiger partial charge on any atom is -0.289 e. The number of rotatable bonds is 4. The van der Waals surface area contributed by atoms with Gasteiger partial charge in [-0.15, -0.1) is 0 Å². The molecule has 1 heterocycles. The Morgan fingerprint density at radius 1 is 1.39 bits per heavy atom. The molecule has 0 bridgehead atoms. The summed E-state index contributed by atoms with van der Waals surface area (Å²) in [5, 5.41) is 4.76. The number of hydrogen-bond donors (Lipinski definition) is 0. The van der Waals surface area contributed by atoms with Gasteiger partial charge in [-0.2, -0.15) is 5.10 Å². The van der Waals surface area contributed by atoms with Gasteiger partial charge in [-0.05, 0) is 43.3 Å². The zero-order valence-corrected chi connectivity index (χ0v) is 10.8. The van der Waals surface area contributed by atoms with E-state index in [-0.39, 0.29) is 5.78 Å². The van der Waals surface area contributed by atoms with Gasteiger partial charge in [-0.25, -0.2) is 0 Å². The summed E-state index contributed by atoms with van der Waals surface area (Å²) in [6.45, 7) is 2.83. The molecule has 1 aromatic carbocycles. The summed E-state index contributed by atoms with van der Waals surface area (Å²) >= 11 is 5.77. The standard InChI is InChI=1S/C14H13ClN2O/c1-2-17-10-11(9-16-17)3-8-14(18)12-4-6-13(15)7-5-12/h3-10H,2H2,1H3/b8-3+. The molecule has 3 nitrogen and oxygen atoms in total. The van der Waals surface area contributed by atoms with Crippen molar-refractivity contribution in [1.29, 1.82) is 0 Å². The van der Waals surface area contributed by atoms with Crippen LogP contribution in [-0.2, 0) is 6.54 Å². The molecule has 0 saturated carbocycles. The summed E-state index contributed by atoms with van der Waals surface area (Å²) in [5.74, 6) is -0.0454. The lowest BCUT2D eigenvalue weighted by atomic mass is 10.1. The zero-order valence-electron chi connectivity index (χ0n) is 10.0. The maximum atomic E-state index is 11.8. The second kappa shape index (κ2) is 5.65. The second-order valence-corrected chi connectivity index (χ2v) is 4.27. The molecule has 4 heteroatoms. The highest BCUT2D eigenvalue weighted by Crippen LogP contribution is 2.11. The summed E-state index contributed by atoms with van der Waals surface area (Å²) in [5.41, 5.74) is 1.54. The van der Waals surface area contributed by atoms with Crippen LogP contribution in [0.3, 0.4) is 0 Å². The van der Waals surface area contributed by atoms with Gasteiger partial charge in [0.1, 0.15) is 0 Å². The van der Waals surface area contributed by atoms with Crippen LogP contribution in [-0.4, -0.2) is 15.6 Å². The van der Waals surface area contributed by atoms with Crippen molar-refractivity contribution in [3.8, 4) is 0 Å². The van der Waals surface area contributed by atoms with Crippen molar-refractivity contribution >= 4 is 23.5 Å². The summed E-state index contributed by atoms with van der Waals surface area (Å²) < 4.78 is 1.81. The molecule has 0 aliphatic carbocycles. The third kappa shape index (κ3) is 3.08. The Morgan fingerprint density at radius 2 is 2.11 bits per heavy atom. The number of ketones is 1. The van der Waals surface area contributed by atoms with Crippen LogP contribution >= 0.6 is 11.6 Å². The highest BCUT2D eigenvalue weighted by atomic mass is 35.5. The maximum Gasteiger partial charge on any atom is 0.185 e. The Bertz CT molecular complexity index is 570. The van der Waals surface area contributed by atoms with Crippen molar-refractivity contribution in [2.45, 2.75) is 13.5 Å². The van der Waals surface area contributed by atoms with Gasteiger partial charge in [0.2, 0.25) is 0 Å². The lowest BCUT2D eigenvalue weighted by Crippen LogP contribution is -1.93. The molecule has 0 aliphatic heterocycles. The van der Waals surface area contributed by atoms with Crippen LogP contribution in [0.1, 0.15) is 22.8 Å². The van der Waals surface area contributed by atoms with Crippen LogP contribution in [0.5, 0.6) is 0 Å². The van der Waals surface area contributed by atoms with Gasteiger partial charge in [0, 0.05) is 28.9 Å². The quantitative estimate of drug-likeness (QED) is 0.623. The second-order valence-electron chi connectivity index (χ2n) is 3.83. The van der Waals surface area contributed by atoms with Gasteiger partial charge in [0.15, 0.2) is 5.78 Å². The first-order valence-electron chi connectivity index (χ1n) is 5.69. The fraction of sp³-hybridized carbons (Fsp3) is 0.143. The smallest absolute Gasteiger partial charge is 0.185 e. The fourth-order valence-electron chi connectivity index (χ4n) is 1.52. The molecule has 2 rings (SSSR count). The van der Waals surface area contributed by atoms with Crippen LogP contribution < -0.4 is 0 Å². The average molecular weight is 261 g/mol. The molecule has 92 valence electrons. The molecule has 0 saturated heterocycles. The number of nitrogens with zero attached hydrogens (tertiary/aromatic N) is 2. The van der Waals surface area contributed by atoms with Crippen molar-refractivity contribution in [1.82, 2.24) is 9.78 Å². The third-order valence-electron chi connectivity index (χ3n) is 2.53. The van der Waals surface area contributed by atoms with Gasteiger partial charge >= 0.3 is 0 Å². The molecular formula is C14H13ClN2O. The summed E-state index contributed by atoms with van der Waals surface area (Å²) in [6, 6.07) is 6.84. The predicted molar refractivity (Wildman–Crippen MR) is 72.7 cm³/mol. The lowest BCUT2D eigenvalue weighted by Gasteiger charge is -1.95. The Hall–Kier alpha value is -1.87. The summed E-state index contributed by atoms with van der Waals surface area (Å²) in [6.07, 6.45) is 6.93. The van der Waals surface area contributed by atoms with Gasteiger partial charge in [-0.3, -0.25) is 9.48 Å². The van der Waals surface area contributed by atoms with Crippen molar-refractivity contribution in [3.05, 3.63) is 58.9 Å². The minimum absolute atomic E-state index is 0.0454. The van der Waals surface area contributed by atoms with Gasteiger partial charge in [0.05, 0.1) is 6.20 Å². The van der Waals surface area contributed by atoms with E-state index >= 15 is 0 Å². The first kappa shape index (κ1) is 12.6. The number of halogens is 1. The molecule has 0 fully saturated rings. The van der Waals surface area contributed by atoms with Crippen molar-refractivity contribution in [2.75, 3.05) is 0 Å². The number of benzene rings is 1. The predicted octanol–water partition coefficient (Wildman–Crippen LogP) is 3.45. The monoisotopic (exact) mass is 260 g/mol. The SMILES string of the molecule is CCn1cc(/C=C/C(=O)c2ccc(Cl)cc2)cn1. The van der Waals surface area contributed by atoms with Crippen molar-refractivity contribution < 1.29 is 4.79 Å². The van der Waals surface area contributed by atoms with E-state index in [1.165, 1.54) is 0 Å². The van der Waals surface area contributed by atoms with Crippen LogP contribution in [0.2, 0.25) is 5.02 Å². The Kier molecular flexibility index (Phi) is 3.95. The van der Waals surface area contributed by atoms with Gasteiger partial charge in [-0.1, -0.05) is 11.6 Å². The number of carbonyl (C=O) groups is 1. The molecule has 1 aromatic heterocycles. The molecular weight excluding hydrogens is 248 g/mol. The Morgan fingerprint density at radius 3 is 2.72 bits per heavy atom. The van der Waals surface area contributed by atoms with Crippen LogP contribution in [0.15, 0.2) is 42.7 Å². The van der Waals surface area contributed by atoms with Crippen LogP contribution in [0.25, 0.3) is 6.08 Å². The molecule has 0 N–H and O–H groups in total. The fourth-order valence-corrected chi connectivity index (χ4v) is 1.65. The number of carbonyl (C=O) groups excluding carboxylic acids is 1. The first-order chi connectivity index (χ1) is 8.69. The topological polar surface area (TPSA) is 34.9 Å². The van der Waals surface area contributed by atoms with E-state index in [0.29, 0.717) is 10.6 Å². The largest absolute Gasteiger partial charge is 0.289 e. The lowest BCUT2D eigenvalue weighted by molar-refractivity contribution is 0.104. The number of aromatic nitrogens is 2. The third-order valence-corrected chi connectivity index (χ3v) is 2.79. The Labute approximate surface area is 111 Å². The van der Waals surface area contributed by atoms with Crippen molar-refractivity contribution in [3.63, 3.8) is 0 Å². The van der Waals surface area contributed by atoms with E-state index in [1.54, 1.807) is 42.6 Å². The normalized spacial score (nSPS) is 11.0. The number of aryl methyl sites for hydroxylation is 1. The molecule has 18 heavy (non-hydrogen) atoms. The van der Waals surface area contributed by atoms with E-state index in [2.05, 4.69) is 5.10 Å². The van der Waals surface area contributed by atoms with Crippen molar-refractivity contribution in [2.24, 2.45) is 0 Å². The molecule has 0 atom stereocenters. The Balaban J connectivity index is 2.09. The summed E-state index contributed by atoms with van der Waals surface area (Å²) in [7, 11) is 0.